The van der Waals surface area contributed by atoms with Gasteiger partial charge in [0, 0.05) is 13.1 Å². The molecule has 0 bridgehead atoms. The first-order valence-electron chi connectivity index (χ1n) is 4.37. The second kappa shape index (κ2) is 4.85. The third kappa shape index (κ3) is 2.95. The minimum atomic E-state index is 0.748. The zero-order chi connectivity index (χ0) is 10.8. The van der Waals surface area contributed by atoms with Crippen LogP contribution in [0.25, 0.3) is 11.1 Å². The number of rotatable bonds is 1. The Morgan fingerprint density at radius 1 is 0.933 bits per heavy atom. The van der Waals surface area contributed by atoms with E-state index >= 15 is 0 Å². The molecule has 76 valence electrons. The van der Waals surface area contributed by atoms with Crippen molar-refractivity contribution >= 4 is 50.1 Å². The fraction of sp³-hybridized carbons (Fsp3) is 0. The average molecular weight is 393 g/mol. The van der Waals surface area contributed by atoms with E-state index < -0.39 is 0 Å². The summed E-state index contributed by atoms with van der Waals surface area (Å²) in [7, 11) is 0. The number of hydrogen-bond donors (Lipinski definition) is 0. The predicted molar refractivity (Wildman–Crippen MR) is 77.3 cm³/mol. The molecule has 0 saturated carbocycles. The molecule has 0 amide bonds. The Morgan fingerprint density at radius 3 is 2.20 bits per heavy atom. The first kappa shape index (κ1) is 11.4. The summed E-state index contributed by atoms with van der Waals surface area (Å²) in [5.74, 6) is 0. The number of benzene rings is 2. The Labute approximate surface area is 116 Å². The lowest BCUT2D eigenvalue weighted by Crippen LogP contribution is -1.79. The molecule has 0 aliphatic rings. The van der Waals surface area contributed by atoms with Crippen molar-refractivity contribution in [3.63, 3.8) is 0 Å². The van der Waals surface area contributed by atoms with Crippen molar-refractivity contribution in [1.82, 2.24) is 0 Å². The van der Waals surface area contributed by atoms with Crippen LogP contribution in [0.2, 0.25) is 5.02 Å². The van der Waals surface area contributed by atoms with Gasteiger partial charge in [0.25, 0.3) is 0 Å². The van der Waals surface area contributed by atoms with E-state index in [0.29, 0.717) is 0 Å². The topological polar surface area (TPSA) is 0 Å². The molecule has 0 fully saturated rings. The molecule has 0 spiro atoms. The average Bonchev–Trinajstić information content (AvgIpc) is 2.17. The zero-order valence-electron chi connectivity index (χ0n) is 7.68. The highest BCUT2D eigenvalue weighted by Gasteiger charge is 2.00. The van der Waals surface area contributed by atoms with Crippen molar-refractivity contribution < 1.29 is 0 Å². The monoisotopic (exact) mass is 392 g/mol. The number of hydrogen-bond acceptors (Lipinski definition) is 0. The van der Waals surface area contributed by atoms with Crippen molar-refractivity contribution in [2.75, 3.05) is 0 Å². The lowest BCUT2D eigenvalue weighted by Gasteiger charge is -2.03. The molecule has 0 atom stereocenters. The highest BCUT2D eigenvalue weighted by molar-refractivity contribution is 14.1. The van der Waals surface area contributed by atoms with Crippen LogP contribution in [0.5, 0.6) is 0 Å². The molecule has 0 radical (unpaired) electrons. The maximum Gasteiger partial charge on any atom is 0.0423 e. The summed E-state index contributed by atoms with van der Waals surface area (Å²) in [4.78, 5) is 0. The van der Waals surface area contributed by atoms with Gasteiger partial charge < -0.3 is 0 Å². The van der Waals surface area contributed by atoms with Crippen LogP contribution in [0.1, 0.15) is 0 Å². The maximum atomic E-state index is 6.00. The minimum absolute atomic E-state index is 0.748. The zero-order valence-corrected chi connectivity index (χ0v) is 12.2. The van der Waals surface area contributed by atoms with Crippen LogP contribution in [0.3, 0.4) is 0 Å². The van der Waals surface area contributed by atoms with Crippen LogP contribution in [-0.4, -0.2) is 0 Å². The summed E-state index contributed by atoms with van der Waals surface area (Å²) in [5, 5.41) is 0.748. The van der Waals surface area contributed by atoms with Crippen molar-refractivity contribution in [2.24, 2.45) is 0 Å². The summed E-state index contributed by atoms with van der Waals surface area (Å²) in [6, 6.07) is 14.3. The van der Waals surface area contributed by atoms with Crippen molar-refractivity contribution in [3.05, 3.63) is 55.5 Å². The normalized spacial score (nSPS) is 10.3. The number of halogens is 3. The van der Waals surface area contributed by atoms with Gasteiger partial charge in [-0.1, -0.05) is 39.7 Å². The first-order chi connectivity index (χ1) is 7.15. The van der Waals surface area contributed by atoms with E-state index in [-0.39, 0.29) is 0 Å². The van der Waals surface area contributed by atoms with E-state index in [1.54, 1.807) is 0 Å². The van der Waals surface area contributed by atoms with E-state index in [9.17, 15) is 0 Å². The summed E-state index contributed by atoms with van der Waals surface area (Å²) in [5.41, 5.74) is 2.31. The Morgan fingerprint density at radius 2 is 1.60 bits per heavy atom. The lowest BCUT2D eigenvalue weighted by molar-refractivity contribution is 1.57. The van der Waals surface area contributed by atoms with Crippen molar-refractivity contribution in [1.29, 1.82) is 0 Å². The molecule has 3 heteroatoms. The molecule has 0 heterocycles. The molecule has 0 saturated heterocycles. The van der Waals surface area contributed by atoms with Crippen LogP contribution < -0.4 is 0 Å². The Hall–Kier alpha value is -0.0600. The maximum absolute atomic E-state index is 6.00. The van der Waals surface area contributed by atoms with Gasteiger partial charge in [0.1, 0.15) is 0 Å². The van der Waals surface area contributed by atoms with Crippen molar-refractivity contribution in [3.8, 4) is 11.1 Å². The van der Waals surface area contributed by atoms with Gasteiger partial charge in [-0.3, -0.25) is 0 Å². The van der Waals surface area contributed by atoms with Crippen LogP contribution >= 0.6 is 50.1 Å². The molecule has 2 aromatic carbocycles. The van der Waals surface area contributed by atoms with E-state index in [2.05, 4.69) is 68.9 Å². The molecule has 0 unspecified atom stereocenters. The summed E-state index contributed by atoms with van der Waals surface area (Å²) in [6.45, 7) is 0. The van der Waals surface area contributed by atoms with Gasteiger partial charge in [-0.2, -0.15) is 0 Å². The fourth-order valence-electron chi connectivity index (χ4n) is 1.36. The third-order valence-corrected chi connectivity index (χ3v) is 3.44. The fourth-order valence-corrected chi connectivity index (χ4v) is 2.58. The molecule has 0 nitrogen and oxygen atoms in total. The van der Waals surface area contributed by atoms with Gasteiger partial charge >= 0.3 is 0 Å². The molecular formula is C12H7BrClI. The van der Waals surface area contributed by atoms with Crippen LogP contribution in [0.15, 0.2) is 46.9 Å². The second-order valence-electron chi connectivity index (χ2n) is 3.17. The predicted octanol–water partition coefficient (Wildman–Crippen LogP) is 5.37. The Balaban J connectivity index is 2.49. The van der Waals surface area contributed by atoms with E-state index in [1.807, 2.05) is 12.1 Å². The SMILES string of the molecule is Clc1cc(Br)cc(-c2ccc(I)cc2)c1. The Kier molecular flexibility index (Phi) is 3.69. The quantitative estimate of drug-likeness (QED) is 0.571. The largest absolute Gasteiger partial charge is 0.0843 e. The van der Waals surface area contributed by atoms with Crippen molar-refractivity contribution in [2.45, 2.75) is 0 Å². The van der Waals surface area contributed by atoms with Crippen LogP contribution in [-0.2, 0) is 0 Å². The second-order valence-corrected chi connectivity index (χ2v) is 5.76. The van der Waals surface area contributed by atoms with E-state index in [1.165, 1.54) is 9.13 Å². The van der Waals surface area contributed by atoms with Gasteiger partial charge in [0.2, 0.25) is 0 Å². The van der Waals surface area contributed by atoms with E-state index in [4.69, 9.17) is 11.6 Å². The molecular weight excluding hydrogens is 386 g/mol. The van der Waals surface area contributed by atoms with E-state index in [0.717, 1.165) is 15.1 Å². The third-order valence-electron chi connectivity index (χ3n) is 2.04. The highest BCUT2D eigenvalue weighted by Crippen LogP contribution is 2.27. The van der Waals surface area contributed by atoms with Gasteiger partial charge in [0.05, 0.1) is 0 Å². The minimum Gasteiger partial charge on any atom is -0.0843 e. The summed E-state index contributed by atoms with van der Waals surface area (Å²) < 4.78 is 2.24. The standard InChI is InChI=1S/C12H7BrClI/c13-10-5-9(6-11(14)7-10)8-1-3-12(15)4-2-8/h1-7H. The highest BCUT2D eigenvalue weighted by atomic mass is 127. The van der Waals surface area contributed by atoms with Crippen LogP contribution in [0.4, 0.5) is 0 Å². The van der Waals surface area contributed by atoms with Gasteiger partial charge in [-0.25, -0.2) is 0 Å². The summed E-state index contributed by atoms with van der Waals surface area (Å²) in [6.07, 6.45) is 0. The molecule has 0 aliphatic heterocycles. The van der Waals surface area contributed by atoms with Gasteiger partial charge in [-0.15, -0.1) is 0 Å². The smallest absolute Gasteiger partial charge is 0.0423 e. The first-order valence-corrected chi connectivity index (χ1v) is 6.62. The molecule has 15 heavy (non-hydrogen) atoms. The van der Waals surface area contributed by atoms with Gasteiger partial charge in [-0.05, 0) is 64.0 Å². The molecule has 0 N–H and O–H groups in total. The summed E-state index contributed by atoms with van der Waals surface area (Å²) >= 11 is 11.7. The van der Waals surface area contributed by atoms with Gasteiger partial charge in [0.15, 0.2) is 0 Å². The van der Waals surface area contributed by atoms with Crippen LogP contribution in [0, 0.1) is 3.57 Å². The Bertz CT molecular complexity index is 459. The molecule has 0 aromatic heterocycles. The molecule has 2 aromatic rings. The lowest BCUT2D eigenvalue weighted by atomic mass is 10.1. The molecule has 2 rings (SSSR count). The molecule has 0 aliphatic carbocycles.